The zero-order chi connectivity index (χ0) is 11.5. The second-order valence-electron chi connectivity index (χ2n) is 4.02. The molecule has 1 fully saturated rings. The molecule has 1 aliphatic rings. The Hall–Kier alpha value is -1.65. The first-order valence-electron chi connectivity index (χ1n) is 5.27. The monoisotopic (exact) mass is 223 g/mol. The van der Waals surface area contributed by atoms with Crippen LogP contribution in [0.5, 0.6) is 0 Å². The van der Waals surface area contributed by atoms with E-state index in [1.807, 2.05) is 0 Å². The molecule has 0 aliphatic carbocycles. The van der Waals surface area contributed by atoms with Crippen molar-refractivity contribution in [3.63, 3.8) is 0 Å². The van der Waals surface area contributed by atoms with Gasteiger partial charge >= 0.3 is 0 Å². The quantitative estimate of drug-likeness (QED) is 0.767. The SMILES string of the molecule is CN1CC(Nc2ccnc(F)c2)CCC1=O. The third-order valence-electron chi connectivity index (χ3n) is 2.72. The fraction of sp³-hybridized carbons (Fsp3) is 0.455. The van der Waals surface area contributed by atoms with Crippen LogP contribution in [0.15, 0.2) is 18.3 Å². The topological polar surface area (TPSA) is 45.2 Å². The Labute approximate surface area is 93.5 Å². The number of hydrogen-bond acceptors (Lipinski definition) is 3. The van der Waals surface area contributed by atoms with E-state index in [4.69, 9.17) is 0 Å². The van der Waals surface area contributed by atoms with Crippen LogP contribution < -0.4 is 5.32 Å². The van der Waals surface area contributed by atoms with Crippen molar-refractivity contribution < 1.29 is 9.18 Å². The van der Waals surface area contributed by atoms with Gasteiger partial charge in [0.15, 0.2) is 0 Å². The third-order valence-corrected chi connectivity index (χ3v) is 2.72. The molecule has 0 saturated carbocycles. The van der Waals surface area contributed by atoms with Crippen LogP contribution in [0.4, 0.5) is 10.1 Å². The van der Waals surface area contributed by atoms with Gasteiger partial charge in [0.05, 0.1) is 0 Å². The van der Waals surface area contributed by atoms with Crippen LogP contribution >= 0.6 is 0 Å². The van der Waals surface area contributed by atoms with Gasteiger partial charge in [-0.3, -0.25) is 4.79 Å². The van der Waals surface area contributed by atoms with Crippen molar-refractivity contribution in [3.05, 3.63) is 24.3 Å². The molecule has 1 saturated heterocycles. The number of likely N-dealkylation sites (N-methyl/N-ethyl adjacent to an activating group) is 1. The number of carbonyl (C=O) groups excluding carboxylic acids is 1. The van der Waals surface area contributed by atoms with E-state index in [-0.39, 0.29) is 11.9 Å². The van der Waals surface area contributed by atoms with Gasteiger partial charge in [0.2, 0.25) is 11.9 Å². The summed E-state index contributed by atoms with van der Waals surface area (Å²) in [6.45, 7) is 0.656. The summed E-state index contributed by atoms with van der Waals surface area (Å²) in [5, 5.41) is 3.20. The number of aromatic nitrogens is 1. The smallest absolute Gasteiger partial charge is 0.222 e. The van der Waals surface area contributed by atoms with E-state index in [9.17, 15) is 9.18 Å². The summed E-state index contributed by atoms with van der Waals surface area (Å²) >= 11 is 0. The molecule has 0 bridgehead atoms. The van der Waals surface area contributed by atoms with Gasteiger partial charge in [0.25, 0.3) is 0 Å². The van der Waals surface area contributed by atoms with Gasteiger partial charge in [-0.1, -0.05) is 0 Å². The number of pyridine rings is 1. The third kappa shape index (κ3) is 2.48. The Bertz CT molecular complexity index is 397. The minimum atomic E-state index is -0.495. The fourth-order valence-electron chi connectivity index (χ4n) is 1.86. The van der Waals surface area contributed by atoms with E-state index >= 15 is 0 Å². The highest BCUT2D eigenvalue weighted by molar-refractivity contribution is 5.77. The molecule has 1 aromatic rings. The predicted molar refractivity (Wildman–Crippen MR) is 58.5 cm³/mol. The number of piperidine rings is 1. The molecule has 2 rings (SSSR count). The predicted octanol–water partition coefficient (Wildman–Crippen LogP) is 1.25. The molecule has 0 radical (unpaired) electrons. The molecule has 2 heterocycles. The molecule has 1 N–H and O–H groups in total. The first kappa shape index (κ1) is 10.9. The summed E-state index contributed by atoms with van der Waals surface area (Å²) in [5.74, 6) is -0.329. The molecule has 1 aromatic heterocycles. The zero-order valence-corrected chi connectivity index (χ0v) is 9.11. The van der Waals surface area contributed by atoms with Crippen molar-refractivity contribution in [3.8, 4) is 0 Å². The van der Waals surface area contributed by atoms with Crippen LogP contribution in [0, 0.1) is 5.95 Å². The van der Waals surface area contributed by atoms with Crippen molar-refractivity contribution in [2.45, 2.75) is 18.9 Å². The van der Waals surface area contributed by atoms with Gasteiger partial charge in [-0.05, 0) is 12.5 Å². The number of rotatable bonds is 2. The van der Waals surface area contributed by atoms with Gasteiger partial charge in [0.1, 0.15) is 0 Å². The van der Waals surface area contributed by atoms with Gasteiger partial charge in [-0.2, -0.15) is 4.39 Å². The molecule has 16 heavy (non-hydrogen) atoms. The van der Waals surface area contributed by atoms with Gasteiger partial charge in [-0.25, -0.2) is 4.98 Å². The number of likely N-dealkylation sites (tertiary alicyclic amines) is 1. The zero-order valence-electron chi connectivity index (χ0n) is 9.11. The molecule has 5 heteroatoms. The molecule has 0 spiro atoms. The minimum absolute atomic E-state index is 0.166. The van der Waals surface area contributed by atoms with E-state index in [0.717, 1.165) is 6.42 Å². The molecule has 0 aromatic carbocycles. The number of halogens is 1. The van der Waals surface area contributed by atoms with E-state index in [1.165, 1.54) is 12.3 Å². The van der Waals surface area contributed by atoms with E-state index < -0.39 is 5.95 Å². The lowest BCUT2D eigenvalue weighted by atomic mass is 10.1. The van der Waals surface area contributed by atoms with Crippen LogP contribution in [0.3, 0.4) is 0 Å². The molecule has 1 aliphatic heterocycles. The Morgan fingerprint density at radius 1 is 1.62 bits per heavy atom. The molecule has 1 unspecified atom stereocenters. The molecule has 1 atom stereocenters. The number of nitrogens with one attached hydrogen (secondary N) is 1. The summed E-state index contributed by atoms with van der Waals surface area (Å²) < 4.78 is 12.8. The first-order valence-corrected chi connectivity index (χ1v) is 5.27. The average molecular weight is 223 g/mol. The summed E-state index contributed by atoms with van der Waals surface area (Å²) in [5.41, 5.74) is 0.709. The van der Waals surface area contributed by atoms with Gasteiger partial charge < -0.3 is 10.2 Å². The Morgan fingerprint density at radius 3 is 3.12 bits per heavy atom. The highest BCUT2D eigenvalue weighted by Gasteiger charge is 2.22. The Balaban J connectivity index is 1.98. The van der Waals surface area contributed by atoms with Crippen LogP contribution in [0.25, 0.3) is 0 Å². The lowest BCUT2D eigenvalue weighted by Gasteiger charge is -2.30. The summed E-state index contributed by atoms with van der Waals surface area (Å²) in [6.07, 6.45) is 2.75. The van der Waals surface area contributed by atoms with Crippen molar-refractivity contribution in [1.29, 1.82) is 0 Å². The van der Waals surface area contributed by atoms with Gasteiger partial charge in [0, 0.05) is 44.0 Å². The number of carbonyl (C=O) groups is 1. The van der Waals surface area contributed by atoms with E-state index in [1.54, 1.807) is 18.0 Å². The molecule has 1 amide bonds. The molecule has 86 valence electrons. The maximum absolute atomic E-state index is 12.8. The largest absolute Gasteiger partial charge is 0.380 e. The number of hydrogen-bond donors (Lipinski definition) is 1. The van der Waals surface area contributed by atoms with Crippen LogP contribution in [-0.4, -0.2) is 35.4 Å². The van der Waals surface area contributed by atoms with Crippen molar-refractivity contribution >= 4 is 11.6 Å². The second kappa shape index (κ2) is 4.47. The van der Waals surface area contributed by atoms with Crippen molar-refractivity contribution in [2.24, 2.45) is 0 Å². The molecule has 4 nitrogen and oxygen atoms in total. The van der Waals surface area contributed by atoms with Crippen LogP contribution in [0.2, 0.25) is 0 Å². The van der Waals surface area contributed by atoms with Crippen LogP contribution in [-0.2, 0) is 4.79 Å². The minimum Gasteiger partial charge on any atom is -0.380 e. The number of amides is 1. The van der Waals surface area contributed by atoms with Crippen LogP contribution in [0.1, 0.15) is 12.8 Å². The Kier molecular flexibility index (Phi) is 3.03. The highest BCUT2D eigenvalue weighted by Crippen LogP contribution is 2.15. The summed E-state index contributed by atoms with van der Waals surface area (Å²) in [4.78, 5) is 16.5. The van der Waals surface area contributed by atoms with E-state index in [0.29, 0.717) is 18.7 Å². The maximum atomic E-state index is 12.8. The maximum Gasteiger partial charge on any atom is 0.222 e. The molecular formula is C11H14FN3O. The normalized spacial score (nSPS) is 21.0. The first-order chi connectivity index (χ1) is 7.65. The van der Waals surface area contributed by atoms with E-state index in [2.05, 4.69) is 10.3 Å². The number of nitrogens with zero attached hydrogens (tertiary/aromatic N) is 2. The lowest BCUT2D eigenvalue weighted by molar-refractivity contribution is -0.132. The Morgan fingerprint density at radius 2 is 2.44 bits per heavy atom. The standard InChI is InChI=1S/C11H14FN3O/c1-15-7-9(2-3-11(15)16)14-8-4-5-13-10(12)6-8/h4-6,9H,2-3,7H2,1H3,(H,13,14). The summed E-state index contributed by atoms with van der Waals surface area (Å²) in [7, 11) is 1.78. The highest BCUT2D eigenvalue weighted by atomic mass is 19.1. The lowest BCUT2D eigenvalue weighted by Crippen LogP contribution is -2.43. The fourth-order valence-corrected chi connectivity index (χ4v) is 1.86. The van der Waals surface area contributed by atoms with Crippen molar-refractivity contribution in [2.75, 3.05) is 18.9 Å². The van der Waals surface area contributed by atoms with Gasteiger partial charge in [-0.15, -0.1) is 0 Å². The molecular weight excluding hydrogens is 209 g/mol. The second-order valence-corrected chi connectivity index (χ2v) is 4.02. The average Bonchev–Trinajstić information content (AvgIpc) is 2.24. The number of anilines is 1. The summed E-state index contributed by atoms with van der Waals surface area (Å²) in [6, 6.07) is 3.26. The van der Waals surface area contributed by atoms with Crippen molar-refractivity contribution in [1.82, 2.24) is 9.88 Å².